The minimum absolute atomic E-state index is 0. The van der Waals surface area contributed by atoms with E-state index in [0.717, 1.165) is 12.8 Å². The highest BCUT2D eigenvalue weighted by molar-refractivity contribution is 5.96. The zero-order valence-electron chi connectivity index (χ0n) is 13.3. The van der Waals surface area contributed by atoms with Gasteiger partial charge in [-0.15, -0.1) is 24.8 Å². The van der Waals surface area contributed by atoms with Gasteiger partial charge in [-0.3, -0.25) is 19.6 Å². The van der Waals surface area contributed by atoms with Crippen molar-refractivity contribution in [2.75, 3.05) is 6.54 Å². The van der Waals surface area contributed by atoms with Gasteiger partial charge in [0.05, 0.1) is 10.9 Å². The van der Waals surface area contributed by atoms with Crippen LogP contribution in [0.25, 0.3) is 11.0 Å². The second-order valence-corrected chi connectivity index (χ2v) is 5.28. The van der Waals surface area contributed by atoms with Crippen LogP contribution < -0.4 is 22.3 Å². The van der Waals surface area contributed by atoms with Crippen LogP contribution in [0.2, 0.25) is 0 Å². The van der Waals surface area contributed by atoms with E-state index in [4.69, 9.17) is 5.73 Å². The second kappa shape index (κ2) is 8.81. The van der Waals surface area contributed by atoms with Gasteiger partial charge in [-0.1, -0.05) is 13.8 Å². The largest absolute Gasteiger partial charge is 0.350 e. The Morgan fingerprint density at radius 1 is 1.25 bits per heavy atom. The molecule has 0 radical (unpaired) electrons. The topological polar surface area (TPSA) is 134 Å². The molecule has 0 aliphatic heterocycles. The van der Waals surface area contributed by atoms with Crippen molar-refractivity contribution in [3.63, 3.8) is 0 Å². The van der Waals surface area contributed by atoms with E-state index in [1.54, 1.807) is 0 Å². The minimum atomic E-state index is -0.638. The van der Waals surface area contributed by atoms with Crippen molar-refractivity contribution in [3.05, 3.63) is 38.7 Å². The zero-order chi connectivity index (χ0) is 16.3. The predicted octanol–water partition coefficient (Wildman–Crippen LogP) is 0.702. The summed E-state index contributed by atoms with van der Waals surface area (Å²) in [5.41, 5.74) is 4.82. The molecule has 0 fully saturated rings. The van der Waals surface area contributed by atoms with Gasteiger partial charge in [-0.2, -0.15) is 0 Å². The van der Waals surface area contributed by atoms with Crippen LogP contribution in [0.15, 0.2) is 21.9 Å². The molecule has 0 unspecified atom stereocenters. The van der Waals surface area contributed by atoms with Crippen molar-refractivity contribution in [1.82, 2.24) is 20.3 Å². The highest BCUT2D eigenvalue weighted by Crippen LogP contribution is 2.10. The van der Waals surface area contributed by atoms with Crippen LogP contribution >= 0.6 is 24.8 Å². The van der Waals surface area contributed by atoms with E-state index in [1.807, 2.05) is 13.8 Å². The van der Waals surface area contributed by atoms with Crippen LogP contribution in [0.5, 0.6) is 0 Å². The average molecular weight is 378 g/mol. The van der Waals surface area contributed by atoms with Crippen molar-refractivity contribution in [3.8, 4) is 0 Å². The first kappa shape index (κ1) is 22.1. The number of halogens is 2. The summed E-state index contributed by atoms with van der Waals surface area (Å²) in [7, 11) is 0. The molecule has 10 heteroatoms. The summed E-state index contributed by atoms with van der Waals surface area (Å²) in [6.07, 6.45) is 2.78. The first-order chi connectivity index (χ1) is 10.4. The fourth-order valence-corrected chi connectivity index (χ4v) is 2.03. The molecule has 0 bridgehead atoms. The Morgan fingerprint density at radius 3 is 2.46 bits per heavy atom. The molecule has 2 aromatic rings. The number of pyridine rings is 1. The molecule has 0 saturated heterocycles. The number of nitrogens with zero attached hydrogens (tertiary/aromatic N) is 1. The third kappa shape index (κ3) is 4.80. The molecule has 1 amide bonds. The first-order valence-electron chi connectivity index (χ1n) is 7.08. The van der Waals surface area contributed by atoms with Gasteiger partial charge < -0.3 is 11.1 Å². The maximum atomic E-state index is 12.2. The molecule has 8 nitrogen and oxygen atoms in total. The number of nitrogens with one attached hydrogen (secondary N) is 3. The Hall–Kier alpha value is -1.90. The molecule has 0 saturated carbocycles. The summed E-state index contributed by atoms with van der Waals surface area (Å²) >= 11 is 0. The lowest BCUT2D eigenvalue weighted by atomic mass is 9.94. The molecule has 0 spiro atoms. The van der Waals surface area contributed by atoms with Gasteiger partial charge in [0, 0.05) is 18.3 Å². The van der Waals surface area contributed by atoms with Crippen LogP contribution in [-0.4, -0.2) is 32.9 Å². The van der Waals surface area contributed by atoms with Crippen molar-refractivity contribution in [1.29, 1.82) is 0 Å². The minimum Gasteiger partial charge on any atom is -0.350 e. The van der Waals surface area contributed by atoms with E-state index < -0.39 is 16.8 Å². The van der Waals surface area contributed by atoms with E-state index in [1.165, 1.54) is 12.3 Å². The van der Waals surface area contributed by atoms with Crippen molar-refractivity contribution in [2.45, 2.75) is 32.2 Å². The average Bonchev–Trinajstić information content (AvgIpc) is 2.52. The highest BCUT2D eigenvalue weighted by Gasteiger charge is 2.21. The van der Waals surface area contributed by atoms with E-state index in [9.17, 15) is 14.4 Å². The number of aromatic amines is 2. The standard InChI is InChI=1S/C14H19N5O3.2ClH/c1-3-14(15,4-2)7-17-11(20)8-5-9-10(16-6-8)18-13(22)19-12(9)21;;/h5-6H,3-4,7,15H2,1-2H3,(H,17,20)(H2,16,18,19,21,22);2*1H. The molecule has 2 rings (SSSR count). The summed E-state index contributed by atoms with van der Waals surface area (Å²) in [5, 5.41) is 2.90. The van der Waals surface area contributed by atoms with Gasteiger partial charge in [0.1, 0.15) is 5.65 Å². The van der Waals surface area contributed by atoms with Crippen LogP contribution in [-0.2, 0) is 0 Å². The van der Waals surface area contributed by atoms with Gasteiger partial charge in [-0.05, 0) is 18.9 Å². The number of aromatic nitrogens is 3. The number of rotatable bonds is 5. The fourth-order valence-electron chi connectivity index (χ4n) is 2.03. The highest BCUT2D eigenvalue weighted by atomic mass is 35.5. The number of fused-ring (bicyclic) bond motifs is 1. The fraction of sp³-hybridized carbons (Fsp3) is 0.429. The van der Waals surface area contributed by atoms with Crippen LogP contribution in [0, 0.1) is 0 Å². The van der Waals surface area contributed by atoms with Crippen LogP contribution in [0.4, 0.5) is 0 Å². The lowest BCUT2D eigenvalue weighted by molar-refractivity contribution is 0.0942. The maximum Gasteiger partial charge on any atom is 0.327 e. The zero-order valence-corrected chi connectivity index (χ0v) is 15.0. The van der Waals surface area contributed by atoms with Crippen LogP contribution in [0.1, 0.15) is 37.0 Å². The van der Waals surface area contributed by atoms with Crippen LogP contribution in [0.3, 0.4) is 0 Å². The number of hydrogen-bond acceptors (Lipinski definition) is 5. The van der Waals surface area contributed by atoms with E-state index in [-0.39, 0.29) is 47.3 Å². The Morgan fingerprint density at radius 2 is 1.88 bits per heavy atom. The lowest BCUT2D eigenvalue weighted by Crippen LogP contribution is -2.49. The van der Waals surface area contributed by atoms with E-state index >= 15 is 0 Å². The summed E-state index contributed by atoms with van der Waals surface area (Å²) in [6, 6.07) is 1.39. The maximum absolute atomic E-state index is 12.2. The molecule has 0 aromatic carbocycles. The summed E-state index contributed by atoms with van der Waals surface area (Å²) < 4.78 is 0. The summed E-state index contributed by atoms with van der Waals surface area (Å²) in [5.74, 6) is -0.364. The third-order valence-electron chi connectivity index (χ3n) is 3.86. The van der Waals surface area contributed by atoms with Crippen molar-refractivity contribution < 1.29 is 4.79 Å². The van der Waals surface area contributed by atoms with E-state index in [2.05, 4.69) is 20.3 Å². The third-order valence-corrected chi connectivity index (χ3v) is 3.86. The molecule has 5 N–H and O–H groups in total. The Bertz CT molecular complexity index is 814. The molecular formula is C14H21Cl2N5O3. The van der Waals surface area contributed by atoms with E-state index in [0.29, 0.717) is 6.54 Å². The number of hydrogen-bond donors (Lipinski definition) is 4. The second-order valence-electron chi connectivity index (χ2n) is 5.28. The Kier molecular flexibility index (Phi) is 8.12. The number of nitrogens with two attached hydrogens (primary N) is 1. The first-order valence-corrected chi connectivity index (χ1v) is 7.08. The Labute approximate surface area is 150 Å². The summed E-state index contributed by atoms with van der Waals surface area (Å²) in [6.45, 7) is 4.26. The number of amides is 1. The molecule has 2 heterocycles. The number of carbonyl (C=O) groups excluding carboxylic acids is 1. The summed E-state index contributed by atoms with van der Waals surface area (Å²) in [4.78, 5) is 43.5. The molecule has 2 aromatic heterocycles. The monoisotopic (exact) mass is 377 g/mol. The molecule has 24 heavy (non-hydrogen) atoms. The van der Waals surface area contributed by atoms with Gasteiger partial charge in [0.2, 0.25) is 0 Å². The molecule has 0 aliphatic carbocycles. The Balaban J connectivity index is 0.00000264. The predicted molar refractivity (Wildman–Crippen MR) is 97.3 cm³/mol. The van der Waals surface area contributed by atoms with Crippen molar-refractivity contribution >= 4 is 41.8 Å². The normalized spacial score (nSPS) is 10.6. The quantitative estimate of drug-likeness (QED) is 0.608. The SMILES string of the molecule is CCC(N)(CC)CNC(=O)c1cnc2[nH]c(=O)[nH]c(=O)c2c1.Cl.Cl. The van der Waals surface area contributed by atoms with Gasteiger partial charge in [0.25, 0.3) is 11.5 Å². The molecule has 134 valence electrons. The molecule has 0 atom stereocenters. The smallest absolute Gasteiger partial charge is 0.327 e. The van der Waals surface area contributed by atoms with Gasteiger partial charge >= 0.3 is 5.69 Å². The van der Waals surface area contributed by atoms with Crippen molar-refractivity contribution in [2.24, 2.45) is 5.73 Å². The number of H-pyrrole nitrogens is 2. The number of carbonyl (C=O) groups is 1. The molecule has 0 aliphatic rings. The molecular weight excluding hydrogens is 357 g/mol. The van der Waals surface area contributed by atoms with Gasteiger partial charge in [-0.25, -0.2) is 9.78 Å². The lowest BCUT2D eigenvalue weighted by Gasteiger charge is -2.26. The van der Waals surface area contributed by atoms with Gasteiger partial charge in [0.15, 0.2) is 0 Å².